The average molecular weight is 350 g/mol. The molecular formula is C23H23FO2. The van der Waals surface area contributed by atoms with Crippen LogP contribution in [0.2, 0.25) is 0 Å². The van der Waals surface area contributed by atoms with Crippen molar-refractivity contribution < 1.29 is 14.2 Å². The number of rotatable bonds is 4. The first-order valence-electron chi connectivity index (χ1n) is 8.99. The van der Waals surface area contributed by atoms with Gasteiger partial charge in [0.25, 0.3) is 0 Å². The molecule has 0 atom stereocenters. The van der Waals surface area contributed by atoms with E-state index in [1.54, 1.807) is 7.11 Å². The van der Waals surface area contributed by atoms with Crippen LogP contribution in [0.3, 0.4) is 0 Å². The van der Waals surface area contributed by atoms with Gasteiger partial charge in [0, 0.05) is 18.6 Å². The minimum atomic E-state index is -0.233. The lowest BCUT2D eigenvalue weighted by Crippen LogP contribution is -1.94. The molecule has 0 amide bonds. The highest BCUT2D eigenvalue weighted by Crippen LogP contribution is 2.36. The Kier molecular flexibility index (Phi) is 6.09. The van der Waals surface area contributed by atoms with Gasteiger partial charge in [-0.3, -0.25) is 0 Å². The van der Waals surface area contributed by atoms with Crippen LogP contribution >= 0.6 is 0 Å². The Morgan fingerprint density at radius 3 is 2.65 bits per heavy atom. The third-order valence-corrected chi connectivity index (χ3v) is 4.62. The zero-order valence-corrected chi connectivity index (χ0v) is 15.0. The molecule has 0 heterocycles. The van der Waals surface area contributed by atoms with Crippen molar-refractivity contribution in [2.75, 3.05) is 13.7 Å². The maximum Gasteiger partial charge on any atom is 0.123 e. The first-order chi connectivity index (χ1) is 12.7. The maximum absolute atomic E-state index is 13.4. The Hall–Kier alpha value is -2.57. The molecule has 1 N–H and O–H groups in total. The summed E-state index contributed by atoms with van der Waals surface area (Å²) in [6.07, 6.45) is 4.18. The maximum atomic E-state index is 13.4. The normalized spacial score (nSPS) is 13.5. The van der Waals surface area contributed by atoms with Gasteiger partial charge in [-0.05, 0) is 78.3 Å². The van der Waals surface area contributed by atoms with Crippen LogP contribution in [0, 0.1) is 17.7 Å². The molecule has 26 heavy (non-hydrogen) atoms. The molecule has 0 spiro atoms. The lowest BCUT2D eigenvalue weighted by atomic mass is 9.92. The second kappa shape index (κ2) is 8.69. The Bertz CT molecular complexity index is 854. The number of aliphatic hydroxyl groups excluding tert-OH is 1. The van der Waals surface area contributed by atoms with E-state index in [2.05, 4.69) is 24.0 Å². The standard InChI is InChI=1S/C23H23FO2/c1-26-20-13-14-22-18(16-20)6-5-8-21(17-9-11-19(24)12-10-17)23(22)7-3-2-4-15-25/h9-14,16,25H,2,4-6,8,15H2,1H3. The molecule has 3 rings (SSSR count). The van der Waals surface area contributed by atoms with E-state index in [4.69, 9.17) is 9.84 Å². The van der Waals surface area contributed by atoms with Crippen LogP contribution < -0.4 is 4.74 Å². The Morgan fingerprint density at radius 2 is 1.92 bits per heavy atom. The van der Waals surface area contributed by atoms with E-state index in [0.717, 1.165) is 47.3 Å². The van der Waals surface area contributed by atoms with Crippen LogP contribution in [0.25, 0.3) is 11.1 Å². The van der Waals surface area contributed by atoms with Gasteiger partial charge in [0.05, 0.1) is 7.11 Å². The number of unbranched alkanes of at least 4 members (excludes halogenated alkanes) is 1. The second-order valence-corrected chi connectivity index (χ2v) is 6.37. The van der Waals surface area contributed by atoms with Gasteiger partial charge in [0.1, 0.15) is 11.6 Å². The molecule has 1 aliphatic carbocycles. The van der Waals surface area contributed by atoms with E-state index in [-0.39, 0.29) is 12.4 Å². The zero-order chi connectivity index (χ0) is 18.4. The van der Waals surface area contributed by atoms with Gasteiger partial charge in [0.15, 0.2) is 0 Å². The fourth-order valence-corrected chi connectivity index (χ4v) is 3.29. The number of aryl methyl sites for hydroxylation is 1. The summed E-state index contributed by atoms with van der Waals surface area (Å²) < 4.78 is 18.7. The summed E-state index contributed by atoms with van der Waals surface area (Å²) in [7, 11) is 1.67. The number of fused-ring (bicyclic) bond motifs is 1. The number of methoxy groups -OCH3 is 1. The van der Waals surface area contributed by atoms with Gasteiger partial charge in [-0.15, -0.1) is 0 Å². The van der Waals surface area contributed by atoms with Crippen LogP contribution in [0.5, 0.6) is 5.75 Å². The number of ether oxygens (including phenoxy) is 1. The van der Waals surface area contributed by atoms with Crippen molar-refractivity contribution in [3.8, 4) is 17.6 Å². The van der Waals surface area contributed by atoms with Gasteiger partial charge in [-0.1, -0.05) is 24.0 Å². The quantitative estimate of drug-likeness (QED) is 0.630. The number of hydrogen-bond donors (Lipinski definition) is 1. The van der Waals surface area contributed by atoms with Crippen LogP contribution in [0.1, 0.15) is 42.4 Å². The van der Waals surface area contributed by atoms with E-state index in [0.29, 0.717) is 12.8 Å². The van der Waals surface area contributed by atoms with Crippen molar-refractivity contribution in [3.05, 3.63) is 65.0 Å². The molecule has 2 nitrogen and oxygen atoms in total. The van der Waals surface area contributed by atoms with Crippen LogP contribution in [0.15, 0.2) is 42.5 Å². The van der Waals surface area contributed by atoms with Crippen LogP contribution in [-0.2, 0) is 6.42 Å². The minimum absolute atomic E-state index is 0.145. The van der Waals surface area contributed by atoms with Crippen LogP contribution in [0.4, 0.5) is 4.39 Å². The number of halogens is 1. The molecule has 2 aromatic carbocycles. The van der Waals surface area contributed by atoms with E-state index in [9.17, 15) is 4.39 Å². The van der Waals surface area contributed by atoms with E-state index < -0.39 is 0 Å². The van der Waals surface area contributed by atoms with Gasteiger partial charge in [0.2, 0.25) is 0 Å². The Balaban J connectivity index is 2.13. The summed E-state index contributed by atoms with van der Waals surface area (Å²) in [5, 5.41) is 8.99. The number of aliphatic hydroxyl groups is 1. The lowest BCUT2D eigenvalue weighted by molar-refractivity contribution is 0.290. The second-order valence-electron chi connectivity index (χ2n) is 6.37. The smallest absolute Gasteiger partial charge is 0.123 e. The molecule has 0 aromatic heterocycles. The molecule has 3 heteroatoms. The predicted octanol–water partition coefficient (Wildman–Crippen LogP) is 4.86. The largest absolute Gasteiger partial charge is 0.497 e. The Morgan fingerprint density at radius 1 is 1.12 bits per heavy atom. The molecule has 0 unspecified atom stereocenters. The fourth-order valence-electron chi connectivity index (χ4n) is 3.29. The molecular weight excluding hydrogens is 327 g/mol. The number of allylic oxidation sites excluding steroid dienone is 2. The van der Waals surface area contributed by atoms with Gasteiger partial charge in [-0.25, -0.2) is 4.39 Å². The van der Waals surface area contributed by atoms with Gasteiger partial charge >= 0.3 is 0 Å². The highest BCUT2D eigenvalue weighted by molar-refractivity contribution is 5.99. The zero-order valence-electron chi connectivity index (χ0n) is 15.0. The van der Waals surface area contributed by atoms with Crippen molar-refractivity contribution in [2.45, 2.75) is 32.1 Å². The fraction of sp³-hybridized carbons (Fsp3) is 0.304. The summed E-state index contributed by atoms with van der Waals surface area (Å²) in [5.41, 5.74) is 5.53. The van der Waals surface area contributed by atoms with E-state index in [1.807, 2.05) is 18.2 Å². The average Bonchev–Trinajstić information content (AvgIpc) is 2.84. The molecule has 0 saturated heterocycles. The van der Waals surface area contributed by atoms with Crippen LogP contribution in [-0.4, -0.2) is 18.8 Å². The third kappa shape index (κ3) is 4.15. The molecule has 0 saturated carbocycles. The molecule has 2 aromatic rings. The summed E-state index contributed by atoms with van der Waals surface area (Å²) in [6.45, 7) is 0.145. The van der Waals surface area contributed by atoms with Crippen molar-refractivity contribution in [1.82, 2.24) is 0 Å². The SMILES string of the molecule is COc1ccc2c(c1)CCCC(c1ccc(F)cc1)=C2C#CCCCO. The highest BCUT2D eigenvalue weighted by atomic mass is 19.1. The van der Waals surface area contributed by atoms with E-state index >= 15 is 0 Å². The highest BCUT2D eigenvalue weighted by Gasteiger charge is 2.18. The Labute approximate surface area is 154 Å². The monoisotopic (exact) mass is 350 g/mol. The van der Waals surface area contributed by atoms with Gasteiger partial charge in [-0.2, -0.15) is 0 Å². The summed E-state index contributed by atoms with van der Waals surface area (Å²) in [6, 6.07) is 12.8. The molecule has 0 aliphatic heterocycles. The first-order valence-corrected chi connectivity index (χ1v) is 8.99. The molecule has 1 aliphatic rings. The van der Waals surface area contributed by atoms with E-state index in [1.165, 1.54) is 17.7 Å². The minimum Gasteiger partial charge on any atom is -0.497 e. The predicted molar refractivity (Wildman–Crippen MR) is 103 cm³/mol. The van der Waals surface area contributed by atoms with Crippen molar-refractivity contribution >= 4 is 11.1 Å². The number of hydrogen-bond acceptors (Lipinski definition) is 2. The van der Waals surface area contributed by atoms with Crippen molar-refractivity contribution in [3.63, 3.8) is 0 Å². The summed E-state index contributed by atoms with van der Waals surface area (Å²) in [4.78, 5) is 0. The van der Waals surface area contributed by atoms with Gasteiger partial charge < -0.3 is 9.84 Å². The molecule has 134 valence electrons. The molecule has 0 bridgehead atoms. The van der Waals surface area contributed by atoms with Crippen molar-refractivity contribution in [2.24, 2.45) is 0 Å². The molecule has 0 fully saturated rings. The lowest BCUT2D eigenvalue weighted by Gasteiger charge is -2.12. The first kappa shape index (κ1) is 18.2. The third-order valence-electron chi connectivity index (χ3n) is 4.62. The topological polar surface area (TPSA) is 29.5 Å². The molecule has 0 radical (unpaired) electrons. The summed E-state index contributed by atoms with van der Waals surface area (Å²) in [5.74, 6) is 7.14. The van der Waals surface area contributed by atoms with Crippen molar-refractivity contribution in [1.29, 1.82) is 0 Å². The number of benzene rings is 2. The summed E-state index contributed by atoms with van der Waals surface area (Å²) >= 11 is 0.